The highest BCUT2D eigenvalue weighted by atomic mass is 16.7. The first-order valence-electron chi connectivity index (χ1n) is 10.3. The number of nitrogen functional groups attached to an aromatic ring is 1. The van der Waals surface area contributed by atoms with Gasteiger partial charge in [-0.1, -0.05) is 6.07 Å². The van der Waals surface area contributed by atoms with Crippen LogP contribution >= 0.6 is 0 Å². The molecule has 1 amide bonds. The largest absolute Gasteiger partial charge is 0.454 e. The Morgan fingerprint density at radius 2 is 1.90 bits per heavy atom. The third kappa shape index (κ3) is 2.60. The van der Waals surface area contributed by atoms with Crippen LogP contribution in [0, 0.1) is 5.92 Å². The van der Waals surface area contributed by atoms with Crippen molar-refractivity contribution in [1.82, 2.24) is 14.8 Å². The van der Waals surface area contributed by atoms with Crippen molar-refractivity contribution in [3.8, 4) is 11.5 Å². The Morgan fingerprint density at radius 1 is 1.07 bits per heavy atom. The van der Waals surface area contributed by atoms with Crippen molar-refractivity contribution < 1.29 is 14.3 Å². The maximum absolute atomic E-state index is 13.5. The zero-order valence-electron chi connectivity index (χ0n) is 16.2. The van der Waals surface area contributed by atoms with E-state index >= 15 is 0 Å². The quantitative estimate of drug-likeness (QED) is 0.843. The Morgan fingerprint density at radius 3 is 2.72 bits per heavy atom. The highest BCUT2D eigenvalue weighted by Crippen LogP contribution is 2.48. The fourth-order valence-corrected chi connectivity index (χ4v) is 5.84. The second-order valence-electron chi connectivity index (χ2n) is 8.50. The summed E-state index contributed by atoms with van der Waals surface area (Å²) in [5.41, 5.74) is 7.69. The zero-order chi connectivity index (χ0) is 19.5. The predicted molar refractivity (Wildman–Crippen MR) is 107 cm³/mol. The summed E-state index contributed by atoms with van der Waals surface area (Å²) in [6.07, 6.45) is 3.94. The molecule has 1 aromatic heterocycles. The van der Waals surface area contributed by atoms with E-state index in [0.717, 1.165) is 37.4 Å². The molecule has 3 atom stereocenters. The number of ether oxygens (including phenoxy) is 2. The molecule has 6 heterocycles. The lowest BCUT2D eigenvalue weighted by atomic mass is 9.75. The van der Waals surface area contributed by atoms with Crippen LogP contribution in [0.2, 0.25) is 0 Å². The minimum absolute atomic E-state index is 0.0612. The molecule has 4 fully saturated rings. The van der Waals surface area contributed by atoms with E-state index in [1.807, 2.05) is 6.07 Å². The second-order valence-corrected chi connectivity index (χ2v) is 8.50. The fourth-order valence-electron chi connectivity index (χ4n) is 5.84. The van der Waals surface area contributed by atoms with Crippen molar-refractivity contribution in [1.29, 1.82) is 0 Å². The number of aromatic nitrogens is 1. The first-order valence-corrected chi connectivity index (χ1v) is 10.3. The van der Waals surface area contributed by atoms with Crippen LogP contribution in [0.3, 0.4) is 0 Å². The molecule has 2 bridgehead atoms. The number of likely N-dealkylation sites (tertiary alicyclic amines) is 1. The van der Waals surface area contributed by atoms with Gasteiger partial charge in [-0.2, -0.15) is 0 Å². The highest BCUT2D eigenvalue weighted by molar-refractivity contribution is 5.95. The Hall–Kier alpha value is -2.80. The van der Waals surface area contributed by atoms with Gasteiger partial charge in [0.1, 0.15) is 5.82 Å². The molecule has 0 saturated carbocycles. The van der Waals surface area contributed by atoms with Crippen molar-refractivity contribution in [3.05, 3.63) is 47.7 Å². The molecule has 7 heteroatoms. The molecule has 1 aromatic carbocycles. The number of pyridine rings is 1. The number of anilines is 1. The summed E-state index contributed by atoms with van der Waals surface area (Å²) >= 11 is 0. The zero-order valence-corrected chi connectivity index (χ0v) is 16.2. The molecular weight excluding hydrogens is 368 g/mol. The summed E-state index contributed by atoms with van der Waals surface area (Å²) in [5, 5.41) is 0. The lowest BCUT2D eigenvalue weighted by Gasteiger charge is -2.51. The number of nitrogens with zero attached hydrogens (tertiary/aromatic N) is 3. The predicted octanol–water partition coefficient (Wildman–Crippen LogP) is 2.09. The molecule has 5 aliphatic heterocycles. The standard InChI is InChI=1S/C22H24N4O3/c23-19-10-15(3-6-24-19)22(27)26-11-16(14-1-2-17-18(9-14)29-12-28-17)21-20(26)13-4-7-25(21)8-5-13/h1-3,6,9-10,13,16,20-21H,4-5,7-8,11-12H2,(H2,23,24)/t16-,20+,21+/m0/s1. The lowest BCUT2D eigenvalue weighted by molar-refractivity contribution is -0.00341. The number of carbonyl (C=O) groups is 1. The molecular formula is C22H24N4O3. The normalized spacial score (nSPS) is 31.7. The van der Waals surface area contributed by atoms with Crippen LogP contribution in [0.5, 0.6) is 11.5 Å². The van der Waals surface area contributed by atoms with Crippen molar-refractivity contribution in [2.45, 2.75) is 30.8 Å². The molecule has 5 aliphatic rings. The molecule has 0 radical (unpaired) electrons. The Labute approximate surface area is 169 Å². The van der Waals surface area contributed by atoms with E-state index in [2.05, 4.69) is 26.9 Å². The van der Waals surface area contributed by atoms with Gasteiger partial charge >= 0.3 is 0 Å². The SMILES string of the molecule is Nc1cc(C(=O)N2C[C@@H](c3ccc4c(c3)OCO4)[C@@H]3[C@H]2C2CCN3CC2)ccn1. The number of hydrogen-bond donors (Lipinski definition) is 1. The summed E-state index contributed by atoms with van der Waals surface area (Å²) in [6, 6.07) is 10.3. The Balaban J connectivity index is 1.38. The average Bonchev–Trinajstić information content (AvgIpc) is 3.39. The summed E-state index contributed by atoms with van der Waals surface area (Å²) in [5.74, 6) is 2.88. The van der Waals surface area contributed by atoms with E-state index in [-0.39, 0.29) is 24.7 Å². The third-order valence-corrected chi connectivity index (χ3v) is 7.11. The van der Waals surface area contributed by atoms with Gasteiger partial charge in [0.2, 0.25) is 6.79 Å². The summed E-state index contributed by atoms with van der Waals surface area (Å²) in [4.78, 5) is 22.2. The Kier molecular flexibility index (Phi) is 3.74. The average molecular weight is 392 g/mol. The van der Waals surface area contributed by atoms with E-state index in [4.69, 9.17) is 15.2 Å². The number of piperidine rings is 3. The molecule has 7 nitrogen and oxygen atoms in total. The summed E-state index contributed by atoms with van der Waals surface area (Å²) in [7, 11) is 0. The van der Waals surface area contributed by atoms with Crippen molar-refractivity contribution in [2.75, 3.05) is 32.2 Å². The van der Waals surface area contributed by atoms with Crippen LogP contribution in [0.15, 0.2) is 36.5 Å². The molecule has 7 rings (SSSR count). The van der Waals surface area contributed by atoms with Crippen LogP contribution in [-0.4, -0.2) is 59.2 Å². The van der Waals surface area contributed by atoms with Crippen molar-refractivity contribution in [2.24, 2.45) is 5.92 Å². The second kappa shape index (κ2) is 6.35. The first-order chi connectivity index (χ1) is 14.2. The molecule has 2 N–H and O–H groups in total. The molecule has 0 aliphatic carbocycles. The highest BCUT2D eigenvalue weighted by Gasteiger charge is 2.54. The van der Waals surface area contributed by atoms with Gasteiger partial charge in [-0.05, 0) is 61.7 Å². The van der Waals surface area contributed by atoms with Crippen LogP contribution in [0.4, 0.5) is 5.82 Å². The van der Waals surface area contributed by atoms with Crippen LogP contribution in [-0.2, 0) is 0 Å². The number of carbonyl (C=O) groups excluding carboxylic acids is 1. The fraction of sp³-hybridized carbons (Fsp3) is 0.455. The van der Waals surface area contributed by atoms with E-state index in [9.17, 15) is 4.79 Å². The maximum Gasteiger partial charge on any atom is 0.254 e. The van der Waals surface area contributed by atoms with Gasteiger partial charge in [0, 0.05) is 30.3 Å². The third-order valence-electron chi connectivity index (χ3n) is 7.11. The van der Waals surface area contributed by atoms with Crippen LogP contribution < -0.4 is 15.2 Å². The lowest BCUT2D eigenvalue weighted by Crippen LogP contribution is -2.60. The smallest absolute Gasteiger partial charge is 0.254 e. The molecule has 150 valence electrons. The van der Waals surface area contributed by atoms with E-state index in [1.165, 1.54) is 5.56 Å². The van der Waals surface area contributed by atoms with Crippen molar-refractivity contribution >= 4 is 11.7 Å². The summed E-state index contributed by atoms with van der Waals surface area (Å²) in [6.45, 7) is 3.23. The molecule has 29 heavy (non-hydrogen) atoms. The maximum atomic E-state index is 13.5. The van der Waals surface area contributed by atoms with Crippen LogP contribution in [0.1, 0.15) is 34.7 Å². The molecule has 0 spiro atoms. The number of amides is 1. The number of rotatable bonds is 2. The Bertz CT molecular complexity index is 972. The molecule has 4 saturated heterocycles. The topological polar surface area (TPSA) is 80.9 Å². The van der Waals surface area contributed by atoms with Crippen LogP contribution in [0.25, 0.3) is 0 Å². The van der Waals surface area contributed by atoms with E-state index in [0.29, 0.717) is 29.9 Å². The number of hydrogen-bond acceptors (Lipinski definition) is 6. The van der Waals surface area contributed by atoms with Crippen molar-refractivity contribution in [3.63, 3.8) is 0 Å². The summed E-state index contributed by atoms with van der Waals surface area (Å²) < 4.78 is 11.1. The first kappa shape index (κ1) is 17.1. The van der Waals surface area contributed by atoms with Gasteiger partial charge < -0.3 is 20.1 Å². The van der Waals surface area contributed by atoms with Gasteiger partial charge in [-0.3, -0.25) is 9.69 Å². The minimum Gasteiger partial charge on any atom is -0.454 e. The van der Waals surface area contributed by atoms with Gasteiger partial charge in [-0.15, -0.1) is 0 Å². The molecule has 0 unspecified atom stereocenters. The number of fused-ring (bicyclic) bond motifs is 3. The van der Waals surface area contributed by atoms with E-state index in [1.54, 1.807) is 18.3 Å². The van der Waals surface area contributed by atoms with Gasteiger partial charge in [0.25, 0.3) is 5.91 Å². The monoisotopic (exact) mass is 392 g/mol. The number of benzene rings is 1. The van der Waals surface area contributed by atoms with Gasteiger partial charge in [-0.25, -0.2) is 4.98 Å². The van der Waals surface area contributed by atoms with Gasteiger partial charge in [0.15, 0.2) is 11.5 Å². The number of nitrogens with two attached hydrogens (primary N) is 1. The van der Waals surface area contributed by atoms with Gasteiger partial charge in [0.05, 0.1) is 6.04 Å². The molecule has 2 aromatic rings. The minimum atomic E-state index is 0.0612. The van der Waals surface area contributed by atoms with E-state index < -0.39 is 0 Å².